The SMILES string of the molecule is c1ccc2cc(-c3c4ccccc4c(-c4ccc5c(c4)oc4c6ccccc6ccc54)c4ccccc34)ccc2c1. The van der Waals surface area contributed by atoms with Gasteiger partial charge in [-0.1, -0.05) is 121 Å². The second-order valence-electron chi connectivity index (χ2n) is 10.9. The highest BCUT2D eigenvalue weighted by Gasteiger charge is 2.18. The number of hydrogen-bond donors (Lipinski definition) is 0. The number of rotatable bonds is 2. The molecule has 0 aliphatic heterocycles. The van der Waals surface area contributed by atoms with Crippen molar-refractivity contribution < 1.29 is 4.42 Å². The van der Waals surface area contributed by atoms with E-state index in [1.807, 2.05) is 0 Å². The maximum absolute atomic E-state index is 6.59. The summed E-state index contributed by atoms with van der Waals surface area (Å²) >= 11 is 0. The third-order valence-electron chi connectivity index (χ3n) is 8.62. The summed E-state index contributed by atoms with van der Waals surface area (Å²) in [6.45, 7) is 0. The fraction of sp³-hybridized carbons (Fsp3) is 0. The monoisotopic (exact) mass is 520 g/mol. The Kier molecular flexibility index (Phi) is 4.67. The molecule has 0 saturated carbocycles. The minimum absolute atomic E-state index is 0.917. The Bertz CT molecular complexity index is 2420. The lowest BCUT2D eigenvalue weighted by Gasteiger charge is -2.18. The van der Waals surface area contributed by atoms with Crippen molar-refractivity contribution in [3.05, 3.63) is 146 Å². The summed E-state index contributed by atoms with van der Waals surface area (Å²) in [5, 5.41) is 12.2. The van der Waals surface area contributed by atoms with Crippen LogP contribution < -0.4 is 0 Å². The summed E-state index contributed by atoms with van der Waals surface area (Å²) in [6, 6.07) is 52.6. The van der Waals surface area contributed by atoms with E-state index < -0.39 is 0 Å². The summed E-state index contributed by atoms with van der Waals surface area (Å²) in [5.41, 5.74) is 6.80. The van der Waals surface area contributed by atoms with Crippen LogP contribution in [0.5, 0.6) is 0 Å². The molecule has 9 rings (SSSR count). The van der Waals surface area contributed by atoms with Crippen molar-refractivity contribution in [2.45, 2.75) is 0 Å². The van der Waals surface area contributed by atoms with Gasteiger partial charge in [-0.15, -0.1) is 0 Å². The van der Waals surface area contributed by atoms with E-state index in [-0.39, 0.29) is 0 Å². The fourth-order valence-electron chi connectivity index (χ4n) is 6.76. The summed E-state index contributed by atoms with van der Waals surface area (Å²) in [6.07, 6.45) is 0. The Balaban J connectivity index is 1.35. The van der Waals surface area contributed by atoms with E-state index in [9.17, 15) is 0 Å². The maximum atomic E-state index is 6.59. The molecule has 0 amide bonds. The van der Waals surface area contributed by atoms with Gasteiger partial charge in [0, 0.05) is 16.2 Å². The summed E-state index contributed by atoms with van der Waals surface area (Å²) in [5.74, 6) is 0. The normalized spacial score (nSPS) is 11.9. The van der Waals surface area contributed by atoms with Crippen LogP contribution in [0.2, 0.25) is 0 Å². The third-order valence-corrected chi connectivity index (χ3v) is 8.62. The van der Waals surface area contributed by atoms with Crippen molar-refractivity contribution >= 4 is 65.0 Å². The van der Waals surface area contributed by atoms with E-state index in [1.165, 1.54) is 60.0 Å². The van der Waals surface area contributed by atoms with Crippen LogP contribution in [0.15, 0.2) is 150 Å². The molecule has 190 valence electrons. The second-order valence-corrected chi connectivity index (χ2v) is 10.9. The molecule has 1 heterocycles. The molecule has 0 aliphatic rings. The van der Waals surface area contributed by atoms with Gasteiger partial charge in [0.1, 0.15) is 11.2 Å². The van der Waals surface area contributed by atoms with Gasteiger partial charge in [-0.2, -0.15) is 0 Å². The standard InChI is InChI=1S/C40H24O/c1-2-11-27-23-28(18-17-25(27)9-1)38-32-13-5-7-15-34(32)39(35-16-8-6-14-33(35)38)29-20-21-31-36-22-19-26-10-3-4-12-30(26)40(36)41-37(31)24-29/h1-24H. The largest absolute Gasteiger partial charge is 0.455 e. The molecule has 1 nitrogen and oxygen atoms in total. The molecule has 0 radical (unpaired) electrons. The van der Waals surface area contributed by atoms with E-state index in [1.54, 1.807) is 0 Å². The van der Waals surface area contributed by atoms with Crippen molar-refractivity contribution in [3.8, 4) is 22.3 Å². The van der Waals surface area contributed by atoms with Crippen LogP contribution in [-0.4, -0.2) is 0 Å². The Hall–Kier alpha value is -5.40. The van der Waals surface area contributed by atoms with Crippen LogP contribution in [0.4, 0.5) is 0 Å². The average Bonchev–Trinajstić information content (AvgIpc) is 3.42. The van der Waals surface area contributed by atoms with Crippen molar-refractivity contribution in [1.82, 2.24) is 0 Å². The number of hydrogen-bond acceptors (Lipinski definition) is 1. The smallest absolute Gasteiger partial charge is 0.143 e. The molecule has 0 atom stereocenters. The summed E-state index contributed by atoms with van der Waals surface area (Å²) in [4.78, 5) is 0. The zero-order valence-corrected chi connectivity index (χ0v) is 22.3. The Morgan fingerprint density at radius 3 is 1.49 bits per heavy atom. The van der Waals surface area contributed by atoms with Gasteiger partial charge in [-0.05, 0) is 84.2 Å². The van der Waals surface area contributed by atoms with Gasteiger partial charge in [0.05, 0.1) is 0 Å². The third kappa shape index (κ3) is 3.30. The highest BCUT2D eigenvalue weighted by atomic mass is 16.3. The molecule has 0 unspecified atom stereocenters. The van der Waals surface area contributed by atoms with Gasteiger partial charge in [0.15, 0.2) is 0 Å². The van der Waals surface area contributed by atoms with Crippen LogP contribution in [0.25, 0.3) is 87.3 Å². The topological polar surface area (TPSA) is 13.1 Å². The minimum Gasteiger partial charge on any atom is -0.455 e. The predicted octanol–water partition coefficient (Wildman–Crippen LogP) is 11.5. The first-order valence-electron chi connectivity index (χ1n) is 14.1. The van der Waals surface area contributed by atoms with Gasteiger partial charge < -0.3 is 4.42 Å². The molecule has 0 saturated heterocycles. The molecule has 1 aromatic heterocycles. The molecule has 0 spiro atoms. The maximum Gasteiger partial charge on any atom is 0.143 e. The van der Waals surface area contributed by atoms with Crippen LogP contribution >= 0.6 is 0 Å². The quantitative estimate of drug-likeness (QED) is 0.207. The summed E-state index contributed by atoms with van der Waals surface area (Å²) in [7, 11) is 0. The molecule has 41 heavy (non-hydrogen) atoms. The first-order valence-corrected chi connectivity index (χ1v) is 14.1. The fourth-order valence-corrected chi connectivity index (χ4v) is 6.76. The zero-order chi connectivity index (χ0) is 26.9. The van der Waals surface area contributed by atoms with Crippen LogP contribution in [0.3, 0.4) is 0 Å². The molecule has 9 aromatic rings. The van der Waals surface area contributed by atoms with Gasteiger partial charge in [-0.3, -0.25) is 0 Å². The van der Waals surface area contributed by atoms with Crippen molar-refractivity contribution in [3.63, 3.8) is 0 Å². The van der Waals surface area contributed by atoms with Gasteiger partial charge in [-0.25, -0.2) is 0 Å². The average molecular weight is 521 g/mol. The van der Waals surface area contributed by atoms with E-state index in [2.05, 4.69) is 146 Å². The molecule has 0 fully saturated rings. The van der Waals surface area contributed by atoms with Crippen LogP contribution in [-0.2, 0) is 0 Å². The molecular weight excluding hydrogens is 496 g/mol. The van der Waals surface area contributed by atoms with Gasteiger partial charge in [0.2, 0.25) is 0 Å². The van der Waals surface area contributed by atoms with E-state index in [0.29, 0.717) is 0 Å². The van der Waals surface area contributed by atoms with Crippen molar-refractivity contribution in [2.24, 2.45) is 0 Å². The molecule has 0 bridgehead atoms. The van der Waals surface area contributed by atoms with E-state index in [0.717, 1.165) is 27.3 Å². The molecule has 0 aliphatic carbocycles. The highest BCUT2D eigenvalue weighted by molar-refractivity contribution is 6.22. The Labute approximate surface area is 236 Å². The van der Waals surface area contributed by atoms with Crippen LogP contribution in [0, 0.1) is 0 Å². The zero-order valence-electron chi connectivity index (χ0n) is 22.3. The number of benzene rings is 8. The Morgan fingerprint density at radius 1 is 0.317 bits per heavy atom. The minimum atomic E-state index is 0.917. The number of fused-ring (bicyclic) bond motifs is 8. The molecular formula is C40H24O. The molecule has 0 N–H and O–H groups in total. The predicted molar refractivity (Wildman–Crippen MR) is 175 cm³/mol. The lowest BCUT2D eigenvalue weighted by atomic mass is 9.85. The van der Waals surface area contributed by atoms with Gasteiger partial charge in [0.25, 0.3) is 0 Å². The van der Waals surface area contributed by atoms with Gasteiger partial charge >= 0.3 is 0 Å². The van der Waals surface area contributed by atoms with E-state index >= 15 is 0 Å². The second kappa shape index (κ2) is 8.55. The highest BCUT2D eigenvalue weighted by Crippen LogP contribution is 2.45. The summed E-state index contributed by atoms with van der Waals surface area (Å²) < 4.78 is 6.59. The lowest BCUT2D eigenvalue weighted by Crippen LogP contribution is -1.90. The lowest BCUT2D eigenvalue weighted by molar-refractivity contribution is 0.673. The van der Waals surface area contributed by atoms with E-state index in [4.69, 9.17) is 4.42 Å². The molecule has 1 heteroatoms. The molecule has 8 aromatic carbocycles. The first-order chi connectivity index (χ1) is 20.3. The van der Waals surface area contributed by atoms with Crippen LogP contribution in [0.1, 0.15) is 0 Å². The number of furan rings is 1. The van der Waals surface area contributed by atoms with Crippen molar-refractivity contribution in [2.75, 3.05) is 0 Å². The van der Waals surface area contributed by atoms with Crippen molar-refractivity contribution in [1.29, 1.82) is 0 Å². The first kappa shape index (κ1) is 22.4. The Morgan fingerprint density at radius 2 is 0.805 bits per heavy atom.